The summed E-state index contributed by atoms with van der Waals surface area (Å²) < 4.78 is 5.04. The molecule has 0 fully saturated rings. The summed E-state index contributed by atoms with van der Waals surface area (Å²) in [6, 6.07) is 0. The average molecular weight is 162 g/mol. The summed E-state index contributed by atoms with van der Waals surface area (Å²) >= 11 is 7.97. The zero-order chi connectivity index (χ0) is 7.28. The Labute approximate surface area is 66.6 Å². The van der Waals surface area contributed by atoms with Crippen molar-refractivity contribution < 1.29 is 4.74 Å². The van der Waals surface area contributed by atoms with Crippen LogP contribution in [0, 0.1) is 0 Å². The van der Waals surface area contributed by atoms with E-state index in [0.717, 1.165) is 0 Å². The standard InChI is InChI=1S/C6H10OS2/c1-3-5(8)7-6(9)4-2/h3-6,8-9H,1-2H2. The molecular weight excluding hydrogens is 152 g/mol. The van der Waals surface area contributed by atoms with E-state index in [1.807, 2.05) is 0 Å². The molecule has 0 rings (SSSR count). The maximum absolute atomic E-state index is 5.04. The van der Waals surface area contributed by atoms with Crippen LogP contribution in [-0.2, 0) is 4.74 Å². The fourth-order valence-corrected chi connectivity index (χ4v) is 0.612. The van der Waals surface area contributed by atoms with E-state index in [2.05, 4.69) is 38.4 Å². The summed E-state index contributed by atoms with van der Waals surface area (Å²) in [7, 11) is 0. The fraction of sp³-hybridized carbons (Fsp3) is 0.333. The van der Waals surface area contributed by atoms with Gasteiger partial charge in [0.05, 0.1) is 0 Å². The highest BCUT2D eigenvalue weighted by molar-refractivity contribution is 7.81. The normalized spacial score (nSPS) is 16.2. The second kappa shape index (κ2) is 4.97. The first-order chi connectivity index (χ1) is 4.20. The molecule has 0 aliphatic heterocycles. The molecule has 0 aliphatic carbocycles. The van der Waals surface area contributed by atoms with Gasteiger partial charge in [-0.25, -0.2) is 0 Å². The first-order valence-electron chi connectivity index (χ1n) is 2.47. The van der Waals surface area contributed by atoms with Crippen molar-refractivity contribution in [2.24, 2.45) is 0 Å². The lowest BCUT2D eigenvalue weighted by Crippen LogP contribution is -2.07. The topological polar surface area (TPSA) is 9.23 Å². The lowest BCUT2D eigenvalue weighted by atomic mass is 10.6. The molecule has 0 saturated carbocycles. The van der Waals surface area contributed by atoms with Gasteiger partial charge in [0, 0.05) is 0 Å². The summed E-state index contributed by atoms with van der Waals surface area (Å²) in [4.78, 5) is 0. The van der Waals surface area contributed by atoms with E-state index in [1.165, 1.54) is 0 Å². The van der Waals surface area contributed by atoms with Crippen LogP contribution in [0.5, 0.6) is 0 Å². The van der Waals surface area contributed by atoms with Crippen LogP contribution in [0.15, 0.2) is 25.3 Å². The molecule has 0 aliphatic rings. The Morgan fingerprint density at radius 3 is 1.67 bits per heavy atom. The zero-order valence-corrected chi connectivity index (χ0v) is 6.82. The van der Waals surface area contributed by atoms with Crippen molar-refractivity contribution in [3.8, 4) is 0 Å². The molecule has 0 radical (unpaired) electrons. The molecule has 0 amide bonds. The monoisotopic (exact) mass is 162 g/mol. The predicted octanol–water partition coefficient (Wildman–Crippen LogP) is 1.89. The van der Waals surface area contributed by atoms with E-state index in [9.17, 15) is 0 Å². The third kappa shape index (κ3) is 4.63. The van der Waals surface area contributed by atoms with Gasteiger partial charge in [-0.3, -0.25) is 0 Å². The Hall–Kier alpha value is 0.140. The van der Waals surface area contributed by atoms with Gasteiger partial charge in [0.1, 0.15) is 10.9 Å². The molecule has 0 N–H and O–H groups in total. The minimum absolute atomic E-state index is 0.259. The smallest absolute Gasteiger partial charge is 0.120 e. The van der Waals surface area contributed by atoms with Gasteiger partial charge < -0.3 is 4.74 Å². The van der Waals surface area contributed by atoms with Crippen molar-refractivity contribution in [3.63, 3.8) is 0 Å². The Bertz CT molecular complexity index is 91.2. The van der Waals surface area contributed by atoms with Gasteiger partial charge in [-0.15, -0.1) is 25.3 Å². The van der Waals surface area contributed by atoms with Crippen LogP contribution in [0.25, 0.3) is 0 Å². The highest BCUT2D eigenvalue weighted by atomic mass is 32.1. The number of thiol groups is 2. The predicted molar refractivity (Wildman–Crippen MR) is 47.0 cm³/mol. The quantitative estimate of drug-likeness (QED) is 0.364. The third-order valence-electron chi connectivity index (χ3n) is 0.682. The van der Waals surface area contributed by atoms with Crippen LogP contribution < -0.4 is 0 Å². The number of hydrogen-bond acceptors (Lipinski definition) is 3. The molecule has 0 heterocycles. The third-order valence-corrected chi connectivity index (χ3v) is 1.35. The van der Waals surface area contributed by atoms with E-state index in [0.29, 0.717) is 0 Å². The van der Waals surface area contributed by atoms with Gasteiger partial charge in [-0.1, -0.05) is 25.3 Å². The molecule has 3 heteroatoms. The lowest BCUT2D eigenvalue weighted by Gasteiger charge is -2.09. The van der Waals surface area contributed by atoms with E-state index in [1.54, 1.807) is 12.2 Å². The van der Waals surface area contributed by atoms with Crippen LogP contribution in [-0.4, -0.2) is 10.9 Å². The molecule has 0 aromatic heterocycles. The Morgan fingerprint density at radius 2 is 1.44 bits per heavy atom. The molecule has 0 bridgehead atoms. The summed E-state index contributed by atoms with van der Waals surface area (Å²) in [5, 5.41) is 0. The highest BCUT2D eigenvalue weighted by Gasteiger charge is 2.00. The fourth-order valence-electron chi connectivity index (χ4n) is 0.254. The average Bonchev–Trinajstić information content (AvgIpc) is 1.87. The van der Waals surface area contributed by atoms with Crippen molar-refractivity contribution in [1.82, 2.24) is 0 Å². The molecule has 52 valence electrons. The summed E-state index contributed by atoms with van der Waals surface area (Å²) in [6.45, 7) is 6.96. The SMILES string of the molecule is C=CC(S)OC(S)C=C. The van der Waals surface area contributed by atoms with Gasteiger partial charge in [0.15, 0.2) is 0 Å². The van der Waals surface area contributed by atoms with Gasteiger partial charge >= 0.3 is 0 Å². The Kier molecular flexibility index (Phi) is 5.04. The maximum atomic E-state index is 5.04. The molecule has 0 aromatic carbocycles. The van der Waals surface area contributed by atoms with Crippen LogP contribution >= 0.6 is 25.3 Å². The molecule has 2 unspecified atom stereocenters. The number of rotatable bonds is 4. The van der Waals surface area contributed by atoms with Gasteiger partial charge in [-0.05, 0) is 0 Å². The number of ether oxygens (including phenoxy) is 1. The molecule has 2 atom stereocenters. The van der Waals surface area contributed by atoms with Crippen LogP contribution in [0.3, 0.4) is 0 Å². The van der Waals surface area contributed by atoms with E-state index < -0.39 is 0 Å². The van der Waals surface area contributed by atoms with Crippen LogP contribution in [0.1, 0.15) is 0 Å². The summed E-state index contributed by atoms with van der Waals surface area (Å²) in [6.07, 6.45) is 3.16. The minimum atomic E-state index is -0.259. The highest BCUT2D eigenvalue weighted by Crippen LogP contribution is 2.06. The number of hydrogen-bond donors (Lipinski definition) is 2. The van der Waals surface area contributed by atoms with Crippen LogP contribution in [0.2, 0.25) is 0 Å². The summed E-state index contributed by atoms with van der Waals surface area (Å²) in [5.41, 5.74) is -0.518. The van der Waals surface area contributed by atoms with Crippen molar-refractivity contribution >= 4 is 25.3 Å². The second-order valence-electron chi connectivity index (χ2n) is 1.39. The van der Waals surface area contributed by atoms with Crippen molar-refractivity contribution in [3.05, 3.63) is 25.3 Å². The van der Waals surface area contributed by atoms with Crippen molar-refractivity contribution in [1.29, 1.82) is 0 Å². The molecule has 0 spiro atoms. The van der Waals surface area contributed by atoms with Gasteiger partial charge in [0.2, 0.25) is 0 Å². The van der Waals surface area contributed by atoms with E-state index in [4.69, 9.17) is 4.74 Å². The Morgan fingerprint density at radius 1 is 1.11 bits per heavy atom. The molecular formula is C6H10OS2. The summed E-state index contributed by atoms with van der Waals surface area (Å²) in [5.74, 6) is 0. The maximum Gasteiger partial charge on any atom is 0.120 e. The van der Waals surface area contributed by atoms with Gasteiger partial charge in [0.25, 0.3) is 0 Å². The van der Waals surface area contributed by atoms with Crippen molar-refractivity contribution in [2.45, 2.75) is 10.9 Å². The molecule has 0 aromatic rings. The van der Waals surface area contributed by atoms with Crippen molar-refractivity contribution in [2.75, 3.05) is 0 Å². The first-order valence-corrected chi connectivity index (χ1v) is 3.50. The molecule has 9 heavy (non-hydrogen) atoms. The van der Waals surface area contributed by atoms with E-state index >= 15 is 0 Å². The molecule has 1 nitrogen and oxygen atoms in total. The van der Waals surface area contributed by atoms with Crippen LogP contribution in [0.4, 0.5) is 0 Å². The first kappa shape index (κ1) is 9.14. The van der Waals surface area contributed by atoms with E-state index in [-0.39, 0.29) is 10.9 Å². The largest absolute Gasteiger partial charge is 0.346 e. The minimum Gasteiger partial charge on any atom is -0.346 e. The second-order valence-corrected chi connectivity index (χ2v) is 2.41. The Balaban J connectivity index is 3.45. The molecule has 0 saturated heterocycles. The van der Waals surface area contributed by atoms with Gasteiger partial charge in [-0.2, -0.15) is 0 Å². The lowest BCUT2D eigenvalue weighted by molar-refractivity contribution is 0.150. The zero-order valence-electron chi connectivity index (χ0n) is 5.03.